The number of nitrogens with one attached hydrogen (secondary N) is 1. The number of pyridine rings is 1. The Hall–Kier alpha value is -1.91. The number of halogens is 1. The van der Waals surface area contributed by atoms with E-state index in [2.05, 4.69) is 10.3 Å². The zero-order chi connectivity index (χ0) is 14.6. The predicted octanol–water partition coefficient (Wildman–Crippen LogP) is 2.37. The first-order valence-corrected chi connectivity index (χ1v) is 6.54. The molecule has 0 radical (unpaired) electrons. The van der Waals surface area contributed by atoms with Crippen LogP contribution in [0.3, 0.4) is 0 Å². The quantitative estimate of drug-likeness (QED) is 0.909. The van der Waals surface area contributed by atoms with Gasteiger partial charge in [0.2, 0.25) is 0 Å². The fourth-order valence-corrected chi connectivity index (χ4v) is 2.18. The summed E-state index contributed by atoms with van der Waals surface area (Å²) < 4.78 is 0. The standard InChI is InChI=1S/C15H15ClN2O2/c1-15(20,12-6-2-3-7-13(12)16)10-18-14(19)11-5-4-8-17-9-11/h2-9,20H,10H2,1H3,(H,18,19). The molecule has 1 unspecified atom stereocenters. The molecule has 0 saturated carbocycles. The van der Waals surface area contributed by atoms with Crippen molar-refractivity contribution < 1.29 is 9.90 Å². The number of aliphatic hydroxyl groups is 1. The first-order chi connectivity index (χ1) is 9.50. The van der Waals surface area contributed by atoms with Crippen LogP contribution in [0.1, 0.15) is 22.8 Å². The van der Waals surface area contributed by atoms with Gasteiger partial charge in [-0.1, -0.05) is 29.8 Å². The summed E-state index contributed by atoms with van der Waals surface area (Å²) in [6, 6.07) is 10.4. The highest BCUT2D eigenvalue weighted by atomic mass is 35.5. The van der Waals surface area contributed by atoms with Crippen LogP contribution in [-0.2, 0) is 5.60 Å². The fourth-order valence-electron chi connectivity index (χ4n) is 1.84. The maximum atomic E-state index is 11.9. The second-order valence-corrected chi connectivity index (χ2v) is 5.09. The highest BCUT2D eigenvalue weighted by molar-refractivity contribution is 6.31. The molecular weight excluding hydrogens is 276 g/mol. The van der Waals surface area contributed by atoms with Crippen LogP contribution in [0.5, 0.6) is 0 Å². The molecule has 1 aromatic heterocycles. The number of carbonyl (C=O) groups is 1. The molecule has 20 heavy (non-hydrogen) atoms. The van der Waals surface area contributed by atoms with Crippen molar-refractivity contribution in [3.05, 3.63) is 64.9 Å². The third-order valence-corrected chi connectivity index (χ3v) is 3.30. The van der Waals surface area contributed by atoms with Crippen LogP contribution in [0.15, 0.2) is 48.8 Å². The van der Waals surface area contributed by atoms with Crippen molar-refractivity contribution in [1.82, 2.24) is 10.3 Å². The molecule has 0 bridgehead atoms. The van der Waals surface area contributed by atoms with E-state index in [1.54, 1.807) is 49.5 Å². The Kier molecular flexibility index (Phi) is 4.37. The second-order valence-electron chi connectivity index (χ2n) is 4.68. The average molecular weight is 291 g/mol. The van der Waals surface area contributed by atoms with Gasteiger partial charge < -0.3 is 10.4 Å². The van der Waals surface area contributed by atoms with Gasteiger partial charge in [0.25, 0.3) is 5.91 Å². The zero-order valence-electron chi connectivity index (χ0n) is 11.0. The molecule has 0 aliphatic heterocycles. The van der Waals surface area contributed by atoms with Crippen LogP contribution >= 0.6 is 11.6 Å². The van der Waals surface area contributed by atoms with Crippen molar-refractivity contribution in [3.8, 4) is 0 Å². The zero-order valence-corrected chi connectivity index (χ0v) is 11.8. The van der Waals surface area contributed by atoms with E-state index in [0.717, 1.165) is 0 Å². The van der Waals surface area contributed by atoms with Crippen LogP contribution in [0.4, 0.5) is 0 Å². The van der Waals surface area contributed by atoms with Gasteiger partial charge in [-0.3, -0.25) is 9.78 Å². The Labute approximate surface area is 122 Å². The van der Waals surface area contributed by atoms with Crippen molar-refractivity contribution in [2.45, 2.75) is 12.5 Å². The van der Waals surface area contributed by atoms with E-state index in [1.165, 1.54) is 6.20 Å². The first kappa shape index (κ1) is 14.5. The molecular formula is C15H15ClN2O2. The maximum absolute atomic E-state index is 11.9. The summed E-state index contributed by atoms with van der Waals surface area (Å²) in [5, 5.41) is 13.6. The minimum absolute atomic E-state index is 0.0600. The van der Waals surface area contributed by atoms with Crippen molar-refractivity contribution in [2.75, 3.05) is 6.54 Å². The molecule has 1 amide bonds. The Morgan fingerprint density at radius 3 is 2.75 bits per heavy atom. The lowest BCUT2D eigenvalue weighted by Crippen LogP contribution is -2.38. The third-order valence-electron chi connectivity index (χ3n) is 2.97. The van der Waals surface area contributed by atoms with Crippen LogP contribution in [0.25, 0.3) is 0 Å². The van der Waals surface area contributed by atoms with Gasteiger partial charge in [-0.2, -0.15) is 0 Å². The monoisotopic (exact) mass is 290 g/mol. The van der Waals surface area contributed by atoms with Crippen molar-refractivity contribution in [3.63, 3.8) is 0 Å². The number of aromatic nitrogens is 1. The van der Waals surface area contributed by atoms with Gasteiger partial charge in [-0.15, -0.1) is 0 Å². The second kappa shape index (κ2) is 6.03. The van der Waals surface area contributed by atoms with E-state index >= 15 is 0 Å². The smallest absolute Gasteiger partial charge is 0.252 e. The number of carbonyl (C=O) groups excluding carboxylic acids is 1. The average Bonchev–Trinajstić information content (AvgIpc) is 2.46. The number of amides is 1. The van der Waals surface area contributed by atoms with Gasteiger partial charge in [-0.25, -0.2) is 0 Å². The molecule has 1 heterocycles. The fraction of sp³-hybridized carbons (Fsp3) is 0.200. The van der Waals surface area contributed by atoms with E-state index in [9.17, 15) is 9.90 Å². The third kappa shape index (κ3) is 3.35. The van der Waals surface area contributed by atoms with Gasteiger partial charge in [-0.05, 0) is 25.1 Å². The summed E-state index contributed by atoms with van der Waals surface area (Å²) in [5.74, 6) is -0.287. The van der Waals surface area contributed by atoms with Crippen molar-refractivity contribution in [1.29, 1.82) is 0 Å². The van der Waals surface area contributed by atoms with Crippen molar-refractivity contribution >= 4 is 17.5 Å². The molecule has 0 spiro atoms. The molecule has 5 heteroatoms. The maximum Gasteiger partial charge on any atom is 0.252 e. The summed E-state index contributed by atoms with van der Waals surface area (Å²) in [6.45, 7) is 1.67. The molecule has 104 valence electrons. The molecule has 0 saturated heterocycles. The summed E-state index contributed by atoms with van der Waals surface area (Å²) in [5.41, 5.74) is -0.216. The van der Waals surface area contributed by atoms with E-state index in [4.69, 9.17) is 11.6 Å². The van der Waals surface area contributed by atoms with Crippen molar-refractivity contribution in [2.24, 2.45) is 0 Å². The predicted molar refractivity (Wildman–Crippen MR) is 77.6 cm³/mol. The molecule has 1 atom stereocenters. The Morgan fingerprint density at radius 1 is 1.35 bits per heavy atom. The SMILES string of the molecule is CC(O)(CNC(=O)c1cccnc1)c1ccccc1Cl. The highest BCUT2D eigenvalue weighted by Crippen LogP contribution is 2.27. The lowest BCUT2D eigenvalue weighted by Gasteiger charge is -2.25. The van der Waals surface area contributed by atoms with Crippen LogP contribution in [0, 0.1) is 0 Å². The van der Waals surface area contributed by atoms with Gasteiger partial charge in [0, 0.05) is 23.0 Å². The number of rotatable bonds is 4. The number of nitrogens with zero attached hydrogens (tertiary/aromatic N) is 1. The first-order valence-electron chi connectivity index (χ1n) is 6.16. The number of benzene rings is 1. The molecule has 0 aliphatic carbocycles. The Morgan fingerprint density at radius 2 is 2.10 bits per heavy atom. The molecule has 0 fully saturated rings. The molecule has 2 N–H and O–H groups in total. The van der Waals surface area contributed by atoms with Crippen LogP contribution in [-0.4, -0.2) is 22.5 Å². The van der Waals surface area contributed by atoms with Gasteiger partial charge >= 0.3 is 0 Å². The lowest BCUT2D eigenvalue weighted by molar-refractivity contribution is 0.0527. The van der Waals surface area contributed by atoms with E-state index in [1.807, 2.05) is 0 Å². The molecule has 0 aliphatic rings. The Bertz CT molecular complexity index is 600. The van der Waals surface area contributed by atoms with E-state index < -0.39 is 5.60 Å². The minimum Gasteiger partial charge on any atom is -0.384 e. The topological polar surface area (TPSA) is 62.2 Å². The summed E-state index contributed by atoms with van der Waals surface area (Å²) in [4.78, 5) is 15.8. The summed E-state index contributed by atoms with van der Waals surface area (Å²) in [7, 11) is 0. The van der Waals surface area contributed by atoms with E-state index in [0.29, 0.717) is 16.1 Å². The molecule has 2 rings (SSSR count). The highest BCUT2D eigenvalue weighted by Gasteiger charge is 2.26. The summed E-state index contributed by atoms with van der Waals surface area (Å²) in [6.07, 6.45) is 3.07. The van der Waals surface area contributed by atoms with Gasteiger partial charge in [0.1, 0.15) is 5.60 Å². The normalized spacial score (nSPS) is 13.6. The number of hydrogen-bond donors (Lipinski definition) is 2. The van der Waals surface area contributed by atoms with Gasteiger partial charge in [0.05, 0.1) is 12.1 Å². The van der Waals surface area contributed by atoms with Crippen LogP contribution < -0.4 is 5.32 Å². The molecule has 1 aromatic carbocycles. The number of hydrogen-bond acceptors (Lipinski definition) is 3. The van der Waals surface area contributed by atoms with Gasteiger partial charge in [0.15, 0.2) is 0 Å². The lowest BCUT2D eigenvalue weighted by atomic mass is 9.96. The summed E-state index contributed by atoms with van der Waals surface area (Å²) >= 11 is 6.06. The molecule has 2 aromatic rings. The van der Waals surface area contributed by atoms with E-state index in [-0.39, 0.29) is 12.5 Å². The Balaban J connectivity index is 2.07. The van der Waals surface area contributed by atoms with Crippen LogP contribution in [0.2, 0.25) is 5.02 Å². The largest absolute Gasteiger partial charge is 0.384 e. The minimum atomic E-state index is -1.24. The molecule has 4 nitrogen and oxygen atoms in total.